The van der Waals surface area contributed by atoms with Crippen LogP contribution in [-0.4, -0.2) is 26.6 Å². The third-order valence-electron chi connectivity index (χ3n) is 3.39. The summed E-state index contributed by atoms with van der Waals surface area (Å²) in [5.74, 6) is 0.854. The van der Waals surface area contributed by atoms with Gasteiger partial charge in [-0.05, 0) is 43.8 Å². The molecule has 0 aliphatic rings. The van der Waals surface area contributed by atoms with E-state index in [0.717, 1.165) is 35.5 Å². The molecule has 0 aliphatic carbocycles. The van der Waals surface area contributed by atoms with E-state index in [0.29, 0.717) is 6.42 Å². The standard InChI is InChI=1S/C18H22N2O2/c1-19-12-6-11-18(21)20-15-8-5-7-14(13-15)16-9-3-4-10-17(16)22-2/h3-5,7-10,13,19H,6,11-12H2,1-2H3,(H,20,21). The summed E-state index contributed by atoms with van der Waals surface area (Å²) in [7, 11) is 3.54. The highest BCUT2D eigenvalue weighted by atomic mass is 16.5. The van der Waals surface area contributed by atoms with Gasteiger partial charge in [-0.2, -0.15) is 0 Å². The van der Waals surface area contributed by atoms with Crippen LogP contribution < -0.4 is 15.4 Å². The molecule has 1 amide bonds. The van der Waals surface area contributed by atoms with Crippen molar-refractivity contribution in [2.24, 2.45) is 0 Å². The van der Waals surface area contributed by atoms with Crippen LogP contribution in [-0.2, 0) is 4.79 Å². The van der Waals surface area contributed by atoms with Gasteiger partial charge in [-0.25, -0.2) is 0 Å². The van der Waals surface area contributed by atoms with Crippen LogP contribution in [0, 0.1) is 0 Å². The summed E-state index contributed by atoms with van der Waals surface area (Å²) in [5.41, 5.74) is 2.83. The third kappa shape index (κ3) is 4.33. The topological polar surface area (TPSA) is 50.4 Å². The van der Waals surface area contributed by atoms with Crippen LogP contribution in [0.1, 0.15) is 12.8 Å². The number of carbonyl (C=O) groups is 1. The maximum Gasteiger partial charge on any atom is 0.224 e. The van der Waals surface area contributed by atoms with E-state index in [1.165, 1.54) is 0 Å². The maximum atomic E-state index is 11.9. The number of anilines is 1. The Kier molecular flexibility index (Phi) is 5.98. The first-order chi connectivity index (χ1) is 10.7. The van der Waals surface area contributed by atoms with E-state index in [-0.39, 0.29) is 5.91 Å². The molecule has 4 heteroatoms. The number of ether oxygens (including phenoxy) is 1. The van der Waals surface area contributed by atoms with Crippen molar-refractivity contribution in [3.63, 3.8) is 0 Å². The molecular formula is C18H22N2O2. The average Bonchev–Trinajstić information content (AvgIpc) is 2.55. The molecule has 0 fully saturated rings. The van der Waals surface area contributed by atoms with Gasteiger partial charge in [0, 0.05) is 17.7 Å². The van der Waals surface area contributed by atoms with Crippen LogP contribution in [0.15, 0.2) is 48.5 Å². The van der Waals surface area contributed by atoms with Crippen molar-refractivity contribution in [1.82, 2.24) is 5.32 Å². The summed E-state index contributed by atoms with van der Waals surface area (Å²) in [6.07, 6.45) is 1.34. The first-order valence-electron chi connectivity index (χ1n) is 7.42. The highest BCUT2D eigenvalue weighted by Gasteiger charge is 2.07. The largest absolute Gasteiger partial charge is 0.496 e. The summed E-state index contributed by atoms with van der Waals surface area (Å²) < 4.78 is 5.39. The second-order valence-corrected chi connectivity index (χ2v) is 5.04. The van der Waals surface area contributed by atoms with E-state index in [4.69, 9.17) is 4.74 Å². The molecule has 0 spiro atoms. The number of hydrogen-bond donors (Lipinski definition) is 2. The minimum absolute atomic E-state index is 0.0347. The van der Waals surface area contributed by atoms with Crippen molar-refractivity contribution in [2.45, 2.75) is 12.8 Å². The highest BCUT2D eigenvalue weighted by molar-refractivity contribution is 5.91. The third-order valence-corrected chi connectivity index (χ3v) is 3.39. The zero-order valence-electron chi connectivity index (χ0n) is 13.1. The number of amides is 1. The Bertz CT molecular complexity index is 626. The van der Waals surface area contributed by atoms with E-state index in [1.807, 2.05) is 55.6 Å². The molecule has 0 unspecified atom stereocenters. The lowest BCUT2D eigenvalue weighted by atomic mass is 10.0. The molecule has 0 saturated heterocycles. The molecule has 2 rings (SSSR count). The Morgan fingerprint density at radius 3 is 2.73 bits per heavy atom. The van der Waals surface area contributed by atoms with Gasteiger partial charge in [0.15, 0.2) is 0 Å². The molecule has 0 bridgehead atoms. The quantitative estimate of drug-likeness (QED) is 0.771. The van der Waals surface area contributed by atoms with Gasteiger partial charge in [0.1, 0.15) is 5.75 Å². The molecule has 4 nitrogen and oxygen atoms in total. The number of rotatable bonds is 7. The van der Waals surface area contributed by atoms with E-state index < -0.39 is 0 Å². The van der Waals surface area contributed by atoms with Gasteiger partial charge in [0.05, 0.1) is 7.11 Å². The molecular weight excluding hydrogens is 276 g/mol. The Labute approximate surface area is 131 Å². The number of benzene rings is 2. The van der Waals surface area contributed by atoms with Crippen molar-refractivity contribution in [3.8, 4) is 16.9 Å². The number of hydrogen-bond acceptors (Lipinski definition) is 3. The average molecular weight is 298 g/mol. The smallest absolute Gasteiger partial charge is 0.224 e. The summed E-state index contributed by atoms with van der Waals surface area (Å²) in [6.45, 7) is 0.842. The van der Waals surface area contributed by atoms with E-state index in [2.05, 4.69) is 10.6 Å². The van der Waals surface area contributed by atoms with Crippen molar-refractivity contribution >= 4 is 11.6 Å². The first kappa shape index (κ1) is 16.0. The Morgan fingerprint density at radius 1 is 1.14 bits per heavy atom. The molecule has 0 radical (unpaired) electrons. The summed E-state index contributed by atoms with van der Waals surface area (Å²) >= 11 is 0. The molecule has 0 aliphatic heterocycles. The molecule has 116 valence electrons. The zero-order valence-corrected chi connectivity index (χ0v) is 13.1. The summed E-state index contributed by atoms with van der Waals surface area (Å²) in [6, 6.07) is 15.7. The predicted octanol–water partition coefficient (Wildman–Crippen LogP) is 3.30. The van der Waals surface area contributed by atoms with Gasteiger partial charge >= 0.3 is 0 Å². The lowest BCUT2D eigenvalue weighted by Crippen LogP contribution is -2.15. The summed E-state index contributed by atoms with van der Waals surface area (Å²) in [4.78, 5) is 11.9. The molecule has 0 atom stereocenters. The fourth-order valence-corrected chi connectivity index (χ4v) is 2.30. The van der Waals surface area contributed by atoms with Crippen molar-refractivity contribution in [2.75, 3.05) is 26.0 Å². The number of nitrogens with one attached hydrogen (secondary N) is 2. The molecule has 2 aromatic carbocycles. The number of para-hydroxylation sites is 1. The Morgan fingerprint density at radius 2 is 1.95 bits per heavy atom. The SMILES string of the molecule is CNCCCC(=O)Nc1cccc(-c2ccccc2OC)c1. The van der Waals surface area contributed by atoms with Crippen molar-refractivity contribution in [1.29, 1.82) is 0 Å². The van der Waals surface area contributed by atoms with Crippen LogP contribution in [0.4, 0.5) is 5.69 Å². The normalized spacial score (nSPS) is 10.3. The molecule has 0 saturated carbocycles. The fraction of sp³-hybridized carbons (Fsp3) is 0.278. The molecule has 2 aromatic rings. The van der Waals surface area contributed by atoms with Crippen LogP contribution >= 0.6 is 0 Å². The monoisotopic (exact) mass is 298 g/mol. The van der Waals surface area contributed by atoms with Gasteiger partial charge in [-0.3, -0.25) is 4.79 Å². The first-order valence-corrected chi connectivity index (χ1v) is 7.42. The molecule has 0 aromatic heterocycles. The van der Waals surface area contributed by atoms with Crippen molar-refractivity contribution in [3.05, 3.63) is 48.5 Å². The van der Waals surface area contributed by atoms with E-state index >= 15 is 0 Å². The van der Waals surface area contributed by atoms with Gasteiger partial charge in [0.2, 0.25) is 5.91 Å². The van der Waals surface area contributed by atoms with Crippen LogP contribution in [0.5, 0.6) is 5.75 Å². The maximum absolute atomic E-state index is 11.9. The lowest BCUT2D eigenvalue weighted by Gasteiger charge is -2.10. The van der Waals surface area contributed by atoms with Crippen LogP contribution in [0.2, 0.25) is 0 Å². The Balaban J connectivity index is 2.11. The molecule has 22 heavy (non-hydrogen) atoms. The molecule has 0 heterocycles. The number of methoxy groups -OCH3 is 1. The van der Waals surface area contributed by atoms with Gasteiger partial charge in [-0.1, -0.05) is 30.3 Å². The van der Waals surface area contributed by atoms with E-state index in [1.54, 1.807) is 7.11 Å². The number of carbonyl (C=O) groups excluding carboxylic acids is 1. The van der Waals surface area contributed by atoms with Crippen LogP contribution in [0.25, 0.3) is 11.1 Å². The van der Waals surface area contributed by atoms with E-state index in [9.17, 15) is 4.79 Å². The fourth-order valence-electron chi connectivity index (χ4n) is 2.30. The minimum atomic E-state index is 0.0347. The highest BCUT2D eigenvalue weighted by Crippen LogP contribution is 2.30. The predicted molar refractivity (Wildman–Crippen MR) is 90.2 cm³/mol. The zero-order chi connectivity index (χ0) is 15.8. The van der Waals surface area contributed by atoms with Gasteiger partial charge in [0.25, 0.3) is 0 Å². The summed E-state index contributed by atoms with van der Waals surface area (Å²) in [5, 5.41) is 5.98. The van der Waals surface area contributed by atoms with Gasteiger partial charge < -0.3 is 15.4 Å². The molecule has 2 N–H and O–H groups in total. The Hall–Kier alpha value is -2.33. The minimum Gasteiger partial charge on any atom is -0.496 e. The van der Waals surface area contributed by atoms with Gasteiger partial charge in [-0.15, -0.1) is 0 Å². The lowest BCUT2D eigenvalue weighted by molar-refractivity contribution is -0.116. The second kappa shape index (κ2) is 8.20. The second-order valence-electron chi connectivity index (χ2n) is 5.04. The van der Waals surface area contributed by atoms with Crippen molar-refractivity contribution < 1.29 is 9.53 Å². The van der Waals surface area contributed by atoms with Crippen LogP contribution in [0.3, 0.4) is 0 Å².